The van der Waals surface area contributed by atoms with Gasteiger partial charge in [-0.25, -0.2) is 4.79 Å². The minimum atomic E-state index is -0.529. The summed E-state index contributed by atoms with van der Waals surface area (Å²) in [5.74, 6) is 5.69. The molecule has 0 aliphatic carbocycles. The third kappa shape index (κ3) is 2.15. The van der Waals surface area contributed by atoms with Gasteiger partial charge >= 0.3 is 6.03 Å². The van der Waals surface area contributed by atoms with Gasteiger partial charge in [0.05, 0.1) is 23.6 Å². The number of nitrogens with one attached hydrogen (secondary N) is 1. The second kappa shape index (κ2) is 5.42. The van der Waals surface area contributed by atoms with Crippen molar-refractivity contribution in [1.82, 2.24) is 5.43 Å². The van der Waals surface area contributed by atoms with Crippen LogP contribution in [0.4, 0.5) is 10.5 Å². The van der Waals surface area contributed by atoms with Gasteiger partial charge in [0.1, 0.15) is 0 Å². The number of carbonyl (C=O) groups excluding carboxylic acids is 1. The predicted octanol–water partition coefficient (Wildman–Crippen LogP) is 1.33. The number of anilines is 1. The lowest BCUT2D eigenvalue weighted by atomic mass is 9.96. The summed E-state index contributed by atoms with van der Waals surface area (Å²) in [6.07, 6.45) is 0. The van der Waals surface area contributed by atoms with Gasteiger partial charge in [-0.2, -0.15) is 0 Å². The summed E-state index contributed by atoms with van der Waals surface area (Å²) in [5.41, 5.74) is 18.8. The summed E-state index contributed by atoms with van der Waals surface area (Å²) in [4.78, 5) is 13.4. The number of carbonyl (C=O) groups is 1. The fourth-order valence-electron chi connectivity index (χ4n) is 2.73. The summed E-state index contributed by atoms with van der Waals surface area (Å²) in [7, 11) is 0. The molecule has 1 heterocycles. The van der Waals surface area contributed by atoms with Gasteiger partial charge in [0.25, 0.3) is 0 Å². The van der Waals surface area contributed by atoms with Gasteiger partial charge in [-0.15, -0.1) is 0 Å². The van der Waals surface area contributed by atoms with Crippen molar-refractivity contribution in [2.45, 2.75) is 6.54 Å². The normalized spacial score (nSPS) is 17.0. The molecule has 0 aromatic heterocycles. The Labute approximate surface area is 128 Å². The van der Waals surface area contributed by atoms with Crippen molar-refractivity contribution in [1.29, 1.82) is 0 Å². The van der Waals surface area contributed by atoms with E-state index in [1.54, 1.807) is 0 Å². The van der Waals surface area contributed by atoms with Crippen molar-refractivity contribution in [3.05, 3.63) is 65.2 Å². The van der Waals surface area contributed by atoms with Gasteiger partial charge in [0.2, 0.25) is 0 Å². The van der Waals surface area contributed by atoms with Crippen molar-refractivity contribution < 1.29 is 4.79 Å². The number of fused-ring (bicyclic) bond motifs is 2. The van der Waals surface area contributed by atoms with Crippen LogP contribution in [0, 0.1) is 0 Å². The van der Waals surface area contributed by atoms with E-state index in [9.17, 15) is 4.79 Å². The quantitative estimate of drug-likeness (QED) is 0.470. The Bertz CT molecular complexity index is 769. The molecule has 1 aliphatic rings. The molecule has 6 heteroatoms. The smallest absolute Gasteiger partial charge is 0.319 e. The van der Waals surface area contributed by atoms with Crippen LogP contribution in [-0.2, 0) is 6.54 Å². The van der Waals surface area contributed by atoms with Crippen LogP contribution in [-0.4, -0.2) is 6.03 Å². The number of para-hydroxylation sites is 1. The molecule has 2 aromatic carbocycles. The van der Waals surface area contributed by atoms with Gasteiger partial charge in [-0.3, -0.25) is 10.7 Å². The first-order valence-electron chi connectivity index (χ1n) is 6.84. The minimum absolute atomic E-state index is 0.348. The number of rotatable bonds is 1. The molecule has 3 rings (SSSR count). The Kier molecular flexibility index (Phi) is 3.44. The highest BCUT2D eigenvalue weighted by atomic mass is 16.2. The van der Waals surface area contributed by atoms with Crippen molar-refractivity contribution in [2.75, 3.05) is 4.90 Å². The molecule has 0 radical (unpaired) electrons. The predicted molar refractivity (Wildman–Crippen MR) is 87.0 cm³/mol. The molecule has 0 fully saturated rings. The Morgan fingerprint density at radius 2 is 1.68 bits per heavy atom. The lowest BCUT2D eigenvalue weighted by Gasteiger charge is -2.28. The van der Waals surface area contributed by atoms with E-state index in [4.69, 9.17) is 17.3 Å². The molecule has 112 valence electrons. The fraction of sp³-hybridized carbons (Fsp3) is 0.0625. The van der Waals surface area contributed by atoms with Crippen LogP contribution in [0.2, 0.25) is 0 Å². The molecule has 2 amide bonds. The average molecular weight is 295 g/mol. The zero-order chi connectivity index (χ0) is 15.7. The number of nitrogens with zero attached hydrogens (tertiary/aromatic N) is 1. The largest absolute Gasteiger partial charge is 0.396 e. The Hall–Kier alpha value is -2.99. The van der Waals surface area contributed by atoms with E-state index in [1.165, 1.54) is 4.90 Å². The molecular weight excluding hydrogens is 278 g/mol. The number of hydrogen-bond acceptors (Lipinski definition) is 4. The van der Waals surface area contributed by atoms with Crippen LogP contribution in [0.5, 0.6) is 0 Å². The summed E-state index contributed by atoms with van der Waals surface area (Å²) in [6.45, 7) is 0.348. The molecule has 6 nitrogen and oxygen atoms in total. The number of urea groups is 1. The van der Waals surface area contributed by atoms with E-state index < -0.39 is 6.03 Å². The zero-order valence-corrected chi connectivity index (χ0v) is 11.9. The molecule has 0 unspecified atom stereocenters. The monoisotopic (exact) mass is 295 g/mol. The summed E-state index contributed by atoms with van der Waals surface area (Å²) < 4.78 is 0. The number of hydrogen-bond donors (Lipinski definition) is 4. The Balaban J connectivity index is 2.35. The van der Waals surface area contributed by atoms with Gasteiger partial charge in [0.15, 0.2) is 0 Å². The number of benzene rings is 2. The minimum Gasteiger partial charge on any atom is -0.396 e. The Morgan fingerprint density at radius 1 is 1.05 bits per heavy atom. The maximum absolute atomic E-state index is 11.9. The first-order valence-corrected chi connectivity index (χ1v) is 6.84. The summed E-state index contributed by atoms with van der Waals surface area (Å²) >= 11 is 0. The molecule has 0 spiro atoms. The van der Waals surface area contributed by atoms with Gasteiger partial charge in [-0.05, 0) is 11.6 Å². The lowest BCUT2D eigenvalue weighted by molar-refractivity contribution is 0.253. The summed E-state index contributed by atoms with van der Waals surface area (Å²) in [6, 6.07) is 14.4. The van der Waals surface area contributed by atoms with Crippen LogP contribution in [0.1, 0.15) is 16.7 Å². The molecule has 1 aliphatic heterocycles. The number of hydrazine groups is 1. The Morgan fingerprint density at radius 3 is 2.36 bits per heavy atom. The molecule has 22 heavy (non-hydrogen) atoms. The lowest BCUT2D eigenvalue weighted by Crippen LogP contribution is -2.37. The second-order valence-corrected chi connectivity index (χ2v) is 5.03. The van der Waals surface area contributed by atoms with E-state index in [0.29, 0.717) is 23.6 Å². The first-order chi connectivity index (χ1) is 10.6. The van der Waals surface area contributed by atoms with E-state index >= 15 is 0 Å². The maximum Gasteiger partial charge on any atom is 0.319 e. The van der Waals surface area contributed by atoms with Crippen molar-refractivity contribution in [2.24, 2.45) is 17.3 Å². The van der Waals surface area contributed by atoms with E-state index in [2.05, 4.69) is 5.43 Å². The average Bonchev–Trinajstić information content (AvgIpc) is 2.52. The van der Waals surface area contributed by atoms with Crippen LogP contribution in [0.25, 0.3) is 11.4 Å². The third-order valence-corrected chi connectivity index (χ3v) is 3.78. The summed E-state index contributed by atoms with van der Waals surface area (Å²) in [5, 5.41) is 0. The van der Waals surface area contributed by atoms with Crippen molar-refractivity contribution >= 4 is 23.1 Å². The van der Waals surface area contributed by atoms with E-state index in [0.717, 1.165) is 16.7 Å². The van der Waals surface area contributed by atoms with Gasteiger partial charge in [-0.1, -0.05) is 42.5 Å². The highest BCUT2D eigenvalue weighted by Gasteiger charge is 2.24. The molecule has 2 aromatic rings. The van der Waals surface area contributed by atoms with Crippen molar-refractivity contribution in [3.8, 4) is 0 Å². The second-order valence-electron chi connectivity index (χ2n) is 5.03. The fourth-order valence-corrected chi connectivity index (χ4v) is 2.73. The van der Waals surface area contributed by atoms with Crippen LogP contribution < -0.4 is 27.6 Å². The molecule has 7 N–H and O–H groups in total. The molecule has 0 bridgehead atoms. The third-order valence-electron chi connectivity index (χ3n) is 3.78. The molecule has 0 atom stereocenters. The van der Waals surface area contributed by atoms with Gasteiger partial charge < -0.3 is 16.9 Å². The highest BCUT2D eigenvalue weighted by Crippen LogP contribution is 2.33. The van der Waals surface area contributed by atoms with Gasteiger partial charge in [0, 0.05) is 11.1 Å². The number of primary amides is 1. The molecule has 0 saturated carbocycles. The number of nitrogens with two attached hydrogens (primary N) is 3. The van der Waals surface area contributed by atoms with E-state index in [-0.39, 0.29) is 0 Å². The van der Waals surface area contributed by atoms with Crippen LogP contribution >= 0.6 is 0 Å². The molecular formula is C16H17N5O. The zero-order valence-electron chi connectivity index (χ0n) is 11.9. The topological polar surface area (TPSA) is 110 Å². The number of amides is 2. The van der Waals surface area contributed by atoms with E-state index in [1.807, 2.05) is 48.5 Å². The standard InChI is InChI=1S/C16H17N5O/c17-14-11-6-2-1-5-10(11)9-21(16(18)22)13-8-4-3-7-12(13)15(14)20-19/h1-8,20H,9,17,19H2,(H2,18,22)/b15-14-. The van der Waals surface area contributed by atoms with Crippen LogP contribution in [0.3, 0.4) is 0 Å². The van der Waals surface area contributed by atoms with Crippen LogP contribution in [0.15, 0.2) is 48.5 Å². The molecule has 0 saturated heterocycles. The maximum atomic E-state index is 11.9. The SMILES string of the molecule is NN/C1=C(\N)c2ccccc2CN(C(N)=O)c2ccccc21. The first kappa shape index (κ1) is 14.0. The van der Waals surface area contributed by atoms with Crippen molar-refractivity contribution in [3.63, 3.8) is 0 Å². The highest BCUT2D eigenvalue weighted by molar-refractivity contribution is 5.99.